The SMILES string of the molecule is CCNC(C)c1ccc(-c2cscc2Br)cc1. The Balaban J connectivity index is 2.21. The predicted octanol–water partition coefficient (Wildman–Crippen LogP) is 4.85. The van der Waals surface area contributed by atoms with Crippen LogP contribution in [0, 0.1) is 0 Å². The number of hydrogen-bond donors (Lipinski definition) is 1. The summed E-state index contributed by atoms with van der Waals surface area (Å²) in [5.74, 6) is 0. The number of benzene rings is 1. The fourth-order valence-corrected chi connectivity index (χ4v) is 3.40. The lowest BCUT2D eigenvalue weighted by molar-refractivity contribution is 0.598. The molecule has 90 valence electrons. The molecular formula is C14H16BrNS. The van der Waals surface area contributed by atoms with Gasteiger partial charge in [-0.05, 0) is 45.9 Å². The first-order valence-corrected chi connectivity index (χ1v) is 7.51. The van der Waals surface area contributed by atoms with E-state index in [0.717, 1.165) is 6.54 Å². The van der Waals surface area contributed by atoms with Crippen molar-refractivity contribution in [2.24, 2.45) is 0 Å². The van der Waals surface area contributed by atoms with Gasteiger partial charge in [-0.2, -0.15) is 11.3 Å². The molecule has 1 heterocycles. The van der Waals surface area contributed by atoms with Crippen molar-refractivity contribution in [2.75, 3.05) is 6.54 Å². The Hall–Kier alpha value is -0.640. The highest BCUT2D eigenvalue weighted by molar-refractivity contribution is 9.10. The molecule has 1 unspecified atom stereocenters. The van der Waals surface area contributed by atoms with Crippen LogP contribution in [0.3, 0.4) is 0 Å². The molecule has 0 radical (unpaired) electrons. The largest absolute Gasteiger partial charge is 0.310 e. The quantitative estimate of drug-likeness (QED) is 0.851. The van der Waals surface area contributed by atoms with E-state index >= 15 is 0 Å². The molecule has 1 aromatic heterocycles. The molecule has 0 fully saturated rings. The normalized spacial score (nSPS) is 12.6. The molecule has 0 aliphatic rings. The topological polar surface area (TPSA) is 12.0 Å². The average molecular weight is 310 g/mol. The highest BCUT2D eigenvalue weighted by atomic mass is 79.9. The van der Waals surface area contributed by atoms with Gasteiger partial charge in [0.05, 0.1) is 0 Å². The van der Waals surface area contributed by atoms with Crippen LogP contribution in [0.25, 0.3) is 11.1 Å². The van der Waals surface area contributed by atoms with Crippen molar-refractivity contribution >= 4 is 27.3 Å². The lowest BCUT2D eigenvalue weighted by Crippen LogP contribution is -2.17. The van der Waals surface area contributed by atoms with Gasteiger partial charge in [-0.3, -0.25) is 0 Å². The molecule has 1 atom stereocenters. The van der Waals surface area contributed by atoms with Gasteiger partial charge >= 0.3 is 0 Å². The first-order valence-electron chi connectivity index (χ1n) is 5.77. The Morgan fingerprint density at radius 1 is 1.24 bits per heavy atom. The third-order valence-electron chi connectivity index (χ3n) is 2.85. The molecule has 2 rings (SSSR count). The molecule has 0 aliphatic heterocycles. The lowest BCUT2D eigenvalue weighted by Gasteiger charge is -2.13. The third kappa shape index (κ3) is 2.97. The number of hydrogen-bond acceptors (Lipinski definition) is 2. The lowest BCUT2D eigenvalue weighted by atomic mass is 10.0. The van der Waals surface area contributed by atoms with E-state index in [9.17, 15) is 0 Å². The van der Waals surface area contributed by atoms with Gasteiger partial charge in [0.1, 0.15) is 0 Å². The molecule has 3 heteroatoms. The smallest absolute Gasteiger partial charge is 0.0360 e. The van der Waals surface area contributed by atoms with Crippen LogP contribution in [0.4, 0.5) is 0 Å². The summed E-state index contributed by atoms with van der Waals surface area (Å²) in [5, 5.41) is 7.71. The van der Waals surface area contributed by atoms with E-state index in [1.165, 1.54) is 21.2 Å². The summed E-state index contributed by atoms with van der Waals surface area (Å²) in [6.45, 7) is 5.32. The Labute approximate surface area is 115 Å². The molecule has 0 spiro atoms. The van der Waals surface area contributed by atoms with Crippen molar-refractivity contribution in [3.05, 3.63) is 45.1 Å². The van der Waals surface area contributed by atoms with Crippen LogP contribution in [0.5, 0.6) is 0 Å². The Morgan fingerprint density at radius 2 is 1.94 bits per heavy atom. The Bertz CT molecular complexity index is 475. The maximum atomic E-state index is 3.57. The molecule has 0 saturated carbocycles. The van der Waals surface area contributed by atoms with E-state index in [2.05, 4.69) is 70.1 Å². The Kier molecular flexibility index (Phi) is 4.37. The van der Waals surface area contributed by atoms with E-state index in [0.29, 0.717) is 6.04 Å². The van der Waals surface area contributed by atoms with Crippen molar-refractivity contribution in [3.63, 3.8) is 0 Å². The minimum Gasteiger partial charge on any atom is -0.310 e. The second kappa shape index (κ2) is 5.80. The van der Waals surface area contributed by atoms with Crippen molar-refractivity contribution < 1.29 is 0 Å². The minimum atomic E-state index is 0.417. The van der Waals surface area contributed by atoms with Gasteiger partial charge < -0.3 is 5.32 Å². The van der Waals surface area contributed by atoms with Gasteiger partial charge in [-0.25, -0.2) is 0 Å². The van der Waals surface area contributed by atoms with Crippen LogP contribution >= 0.6 is 27.3 Å². The molecule has 0 amide bonds. The van der Waals surface area contributed by atoms with Crippen molar-refractivity contribution in [2.45, 2.75) is 19.9 Å². The summed E-state index contributed by atoms with van der Waals surface area (Å²) < 4.78 is 1.18. The molecule has 1 aromatic carbocycles. The van der Waals surface area contributed by atoms with Crippen LogP contribution < -0.4 is 5.32 Å². The molecule has 0 aliphatic carbocycles. The maximum absolute atomic E-state index is 3.57. The average Bonchev–Trinajstić information content (AvgIpc) is 2.76. The fourth-order valence-electron chi connectivity index (χ4n) is 1.86. The number of halogens is 1. The van der Waals surface area contributed by atoms with Gasteiger partial charge in [-0.1, -0.05) is 31.2 Å². The first kappa shape index (κ1) is 12.8. The summed E-state index contributed by atoms with van der Waals surface area (Å²) in [5.41, 5.74) is 3.88. The third-order valence-corrected chi connectivity index (χ3v) is 4.55. The van der Waals surface area contributed by atoms with Crippen molar-refractivity contribution in [3.8, 4) is 11.1 Å². The zero-order chi connectivity index (χ0) is 12.3. The zero-order valence-corrected chi connectivity index (χ0v) is 12.4. The summed E-state index contributed by atoms with van der Waals surface area (Å²) in [6.07, 6.45) is 0. The molecular weight excluding hydrogens is 294 g/mol. The molecule has 17 heavy (non-hydrogen) atoms. The van der Waals surface area contributed by atoms with Gasteiger partial charge in [0.15, 0.2) is 0 Å². The predicted molar refractivity (Wildman–Crippen MR) is 79.5 cm³/mol. The second-order valence-corrected chi connectivity index (χ2v) is 5.63. The highest BCUT2D eigenvalue weighted by Crippen LogP contribution is 2.32. The van der Waals surface area contributed by atoms with Crippen LogP contribution in [-0.2, 0) is 0 Å². The fraction of sp³-hybridized carbons (Fsp3) is 0.286. The van der Waals surface area contributed by atoms with Gasteiger partial charge in [0.2, 0.25) is 0 Å². The summed E-state index contributed by atoms with van der Waals surface area (Å²) in [7, 11) is 0. The number of nitrogens with one attached hydrogen (secondary N) is 1. The van der Waals surface area contributed by atoms with Gasteiger partial charge in [0.25, 0.3) is 0 Å². The molecule has 1 N–H and O–H groups in total. The monoisotopic (exact) mass is 309 g/mol. The highest BCUT2D eigenvalue weighted by Gasteiger charge is 2.06. The summed E-state index contributed by atoms with van der Waals surface area (Å²) >= 11 is 5.29. The zero-order valence-electron chi connectivity index (χ0n) is 10.0. The summed E-state index contributed by atoms with van der Waals surface area (Å²) in [4.78, 5) is 0. The summed E-state index contributed by atoms with van der Waals surface area (Å²) in [6, 6.07) is 9.20. The van der Waals surface area contributed by atoms with E-state index in [1.807, 2.05) is 0 Å². The number of thiophene rings is 1. The molecule has 1 nitrogen and oxygen atoms in total. The van der Waals surface area contributed by atoms with E-state index in [-0.39, 0.29) is 0 Å². The van der Waals surface area contributed by atoms with Crippen LogP contribution in [-0.4, -0.2) is 6.54 Å². The maximum Gasteiger partial charge on any atom is 0.0360 e. The van der Waals surface area contributed by atoms with Gasteiger partial charge in [0, 0.05) is 21.5 Å². The van der Waals surface area contributed by atoms with E-state index < -0.39 is 0 Å². The van der Waals surface area contributed by atoms with Crippen LogP contribution in [0.15, 0.2) is 39.5 Å². The molecule has 0 saturated heterocycles. The molecule has 2 aromatic rings. The van der Waals surface area contributed by atoms with Crippen LogP contribution in [0.2, 0.25) is 0 Å². The minimum absolute atomic E-state index is 0.417. The van der Waals surface area contributed by atoms with Crippen molar-refractivity contribution in [1.29, 1.82) is 0 Å². The standard InChI is InChI=1S/C14H16BrNS/c1-3-16-10(2)11-4-6-12(7-5-11)13-8-17-9-14(13)15/h4-10,16H,3H2,1-2H3. The van der Waals surface area contributed by atoms with Gasteiger partial charge in [-0.15, -0.1) is 0 Å². The van der Waals surface area contributed by atoms with Crippen LogP contribution in [0.1, 0.15) is 25.5 Å². The van der Waals surface area contributed by atoms with E-state index in [1.54, 1.807) is 11.3 Å². The Morgan fingerprint density at radius 3 is 2.47 bits per heavy atom. The first-order chi connectivity index (χ1) is 8.22. The van der Waals surface area contributed by atoms with E-state index in [4.69, 9.17) is 0 Å². The van der Waals surface area contributed by atoms with Crippen molar-refractivity contribution in [1.82, 2.24) is 5.32 Å². The molecule has 0 bridgehead atoms. The number of rotatable bonds is 4. The second-order valence-electron chi connectivity index (χ2n) is 4.03.